The van der Waals surface area contributed by atoms with Crippen molar-refractivity contribution in [3.63, 3.8) is 0 Å². The quantitative estimate of drug-likeness (QED) is 0.712. The van der Waals surface area contributed by atoms with Crippen LogP contribution in [0.2, 0.25) is 5.02 Å². The summed E-state index contributed by atoms with van der Waals surface area (Å²) < 4.78 is 1.15. The van der Waals surface area contributed by atoms with Gasteiger partial charge in [0.1, 0.15) is 0 Å². The van der Waals surface area contributed by atoms with Gasteiger partial charge in [-0.05, 0) is 47.2 Å². The molecule has 0 aliphatic carbocycles. The van der Waals surface area contributed by atoms with Gasteiger partial charge < -0.3 is 4.98 Å². The molecule has 0 spiro atoms. The molecule has 0 unspecified atom stereocenters. The van der Waals surface area contributed by atoms with Gasteiger partial charge in [-0.15, -0.1) is 0 Å². The maximum atomic E-state index is 5.97. The van der Waals surface area contributed by atoms with Gasteiger partial charge in [-0.1, -0.05) is 17.7 Å². The van der Waals surface area contributed by atoms with Crippen LogP contribution in [0, 0.1) is 10.6 Å². The number of hydrogen-bond donors (Lipinski definition) is 1. The van der Waals surface area contributed by atoms with Crippen LogP contribution in [0.5, 0.6) is 0 Å². The van der Waals surface area contributed by atoms with Crippen molar-refractivity contribution >= 4 is 45.1 Å². The van der Waals surface area contributed by atoms with Gasteiger partial charge in [0.05, 0.1) is 9.22 Å². The average Bonchev–Trinajstić information content (AvgIpc) is 2.39. The Hall–Kier alpha value is -0.220. The molecular weight excluding hydrogens is 284 g/mol. The van der Waals surface area contributed by atoms with Gasteiger partial charge in [-0.25, -0.2) is 0 Å². The SMILES string of the molecule is Cc1c(Cl)ccc2cc(I)[nH]c12. The molecule has 2 aromatic rings. The van der Waals surface area contributed by atoms with Crippen LogP contribution in [0.15, 0.2) is 18.2 Å². The first-order chi connectivity index (χ1) is 5.68. The Morgan fingerprint density at radius 2 is 2.17 bits per heavy atom. The zero-order valence-electron chi connectivity index (χ0n) is 6.49. The number of aromatic nitrogens is 1. The summed E-state index contributed by atoms with van der Waals surface area (Å²) in [5.74, 6) is 0. The van der Waals surface area contributed by atoms with Crippen molar-refractivity contribution in [3.05, 3.63) is 32.5 Å². The van der Waals surface area contributed by atoms with Gasteiger partial charge in [-0.3, -0.25) is 0 Å². The molecule has 0 aliphatic heterocycles. The van der Waals surface area contributed by atoms with Gasteiger partial charge in [0.25, 0.3) is 0 Å². The fourth-order valence-electron chi connectivity index (χ4n) is 1.29. The largest absolute Gasteiger partial charge is 0.350 e. The Balaban J connectivity index is 2.89. The summed E-state index contributed by atoms with van der Waals surface area (Å²) in [6.45, 7) is 2.03. The summed E-state index contributed by atoms with van der Waals surface area (Å²) >= 11 is 8.24. The van der Waals surface area contributed by atoms with Crippen LogP contribution in [-0.2, 0) is 0 Å². The standard InChI is InChI=1S/C9H7ClIN/c1-5-7(10)3-2-6-4-8(11)12-9(5)6/h2-4,12H,1H3. The van der Waals surface area contributed by atoms with E-state index in [1.165, 1.54) is 5.39 Å². The lowest BCUT2D eigenvalue weighted by Crippen LogP contribution is -1.77. The lowest BCUT2D eigenvalue weighted by molar-refractivity contribution is 1.37. The van der Waals surface area contributed by atoms with Crippen LogP contribution in [-0.4, -0.2) is 4.98 Å². The molecule has 1 aromatic heterocycles. The minimum atomic E-state index is 0.820. The molecule has 0 saturated carbocycles. The molecule has 1 aromatic carbocycles. The van der Waals surface area contributed by atoms with E-state index in [4.69, 9.17) is 11.6 Å². The number of aromatic amines is 1. The lowest BCUT2D eigenvalue weighted by atomic mass is 10.2. The van der Waals surface area contributed by atoms with Crippen molar-refractivity contribution in [1.82, 2.24) is 4.98 Å². The Labute approximate surface area is 89.3 Å². The van der Waals surface area contributed by atoms with Crippen molar-refractivity contribution < 1.29 is 0 Å². The molecule has 62 valence electrons. The average molecular weight is 292 g/mol. The molecule has 0 aliphatic rings. The summed E-state index contributed by atoms with van der Waals surface area (Å²) in [5.41, 5.74) is 2.27. The van der Waals surface area contributed by atoms with E-state index in [1.54, 1.807) is 0 Å². The molecule has 0 radical (unpaired) electrons. The number of aryl methyl sites for hydroxylation is 1. The minimum absolute atomic E-state index is 0.820. The first kappa shape index (κ1) is 8.38. The third-order valence-corrected chi connectivity index (χ3v) is 2.95. The molecule has 1 N–H and O–H groups in total. The summed E-state index contributed by atoms with van der Waals surface area (Å²) in [4.78, 5) is 3.27. The molecule has 3 heteroatoms. The van der Waals surface area contributed by atoms with E-state index in [1.807, 2.05) is 19.1 Å². The fraction of sp³-hybridized carbons (Fsp3) is 0.111. The highest BCUT2D eigenvalue weighted by Gasteiger charge is 2.03. The van der Waals surface area contributed by atoms with Crippen LogP contribution in [0.1, 0.15) is 5.56 Å². The number of rotatable bonds is 0. The van der Waals surface area contributed by atoms with E-state index in [0.717, 1.165) is 19.8 Å². The first-order valence-electron chi connectivity index (χ1n) is 3.62. The van der Waals surface area contributed by atoms with Crippen molar-refractivity contribution in [3.8, 4) is 0 Å². The van der Waals surface area contributed by atoms with E-state index in [0.29, 0.717) is 0 Å². The Kier molecular flexibility index (Phi) is 2.04. The lowest BCUT2D eigenvalue weighted by Gasteiger charge is -1.97. The second-order valence-corrected chi connectivity index (χ2v) is 4.32. The topological polar surface area (TPSA) is 15.8 Å². The van der Waals surface area contributed by atoms with Gasteiger partial charge in [-0.2, -0.15) is 0 Å². The van der Waals surface area contributed by atoms with Gasteiger partial charge >= 0.3 is 0 Å². The maximum absolute atomic E-state index is 5.97. The Morgan fingerprint density at radius 3 is 2.92 bits per heavy atom. The van der Waals surface area contributed by atoms with E-state index in [-0.39, 0.29) is 0 Å². The van der Waals surface area contributed by atoms with E-state index in [2.05, 4.69) is 33.6 Å². The monoisotopic (exact) mass is 291 g/mol. The van der Waals surface area contributed by atoms with Crippen molar-refractivity contribution in [2.75, 3.05) is 0 Å². The predicted octanol–water partition coefficient (Wildman–Crippen LogP) is 3.73. The molecule has 2 rings (SSSR count). The van der Waals surface area contributed by atoms with Gasteiger partial charge in [0.2, 0.25) is 0 Å². The van der Waals surface area contributed by atoms with Crippen LogP contribution >= 0.6 is 34.2 Å². The second-order valence-electron chi connectivity index (χ2n) is 2.75. The molecule has 12 heavy (non-hydrogen) atoms. The number of H-pyrrole nitrogens is 1. The minimum Gasteiger partial charge on any atom is -0.350 e. The number of benzene rings is 1. The third kappa shape index (κ3) is 1.23. The third-order valence-electron chi connectivity index (χ3n) is 1.96. The van der Waals surface area contributed by atoms with Crippen molar-refractivity contribution in [2.24, 2.45) is 0 Å². The Morgan fingerprint density at radius 1 is 1.42 bits per heavy atom. The zero-order valence-corrected chi connectivity index (χ0v) is 9.40. The summed E-state index contributed by atoms with van der Waals surface area (Å²) in [6.07, 6.45) is 0. The smallest absolute Gasteiger partial charge is 0.0782 e. The van der Waals surface area contributed by atoms with E-state index >= 15 is 0 Å². The number of nitrogens with one attached hydrogen (secondary N) is 1. The summed E-state index contributed by atoms with van der Waals surface area (Å²) in [6, 6.07) is 6.08. The number of hydrogen-bond acceptors (Lipinski definition) is 0. The second kappa shape index (κ2) is 2.92. The maximum Gasteiger partial charge on any atom is 0.0782 e. The number of halogens is 2. The molecular formula is C9H7ClIN. The van der Waals surface area contributed by atoms with E-state index in [9.17, 15) is 0 Å². The van der Waals surface area contributed by atoms with Crippen LogP contribution < -0.4 is 0 Å². The van der Waals surface area contributed by atoms with Crippen LogP contribution in [0.4, 0.5) is 0 Å². The highest BCUT2D eigenvalue weighted by atomic mass is 127. The first-order valence-corrected chi connectivity index (χ1v) is 5.07. The Bertz CT molecular complexity index is 433. The van der Waals surface area contributed by atoms with E-state index < -0.39 is 0 Å². The summed E-state index contributed by atoms with van der Waals surface area (Å²) in [7, 11) is 0. The van der Waals surface area contributed by atoms with Gasteiger partial charge in [0.15, 0.2) is 0 Å². The van der Waals surface area contributed by atoms with Gasteiger partial charge in [0, 0.05) is 10.4 Å². The molecule has 1 nitrogen and oxygen atoms in total. The fourth-order valence-corrected chi connectivity index (χ4v) is 2.05. The highest BCUT2D eigenvalue weighted by molar-refractivity contribution is 14.1. The molecule has 0 atom stereocenters. The molecule has 0 saturated heterocycles. The zero-order chi connectivity index (χ0) is 8.72. The predicted molar refractivity (Wildman–Crippen MR) is 60.8 cm³/mol. The van der Waals surface area contributed by atoms with Crippen LogP contribution in [0.25, 0.3) is 10.9 Å². The highest BCUT2D eigenvalue weighted by Crippen LogP contribution is 2.25. The molecule has 1 heterocycles. The van der Waals surface area contributed by atoms with Crippen LogP contribution in [0.3, 0.4) is 0 Å². The molecule has 0 bridgehead atoms. The molecule has 0 amide bonds. The van der Waals surface area contributed by atoms with Crippen molar-refractivity contribution in [2.45, 2.75) is 6.92 Å². The molecule has 0 fully saturated rings. The van der Waals surface area contributed by atoms with Crippen molar-refractivity contribution in [1.29, 1.82) is 0 Å². The summed E-state index contributed by atoms with van der Waals surface area (Å²) in [5, 5.41) is 2.04. The number of fused-ring (bicyclic) bond motifs is 1. The normalized spacial score (nSPS) is 10.9.